The lowest BCUT2D eigenvalue weighted by molar-refractivity contribution is -0.146. The third kappa shape index (κ3) is 4.54. The lowest BCUT2D eigenvalue weighted by Gasteiger charge is -2.16. The predicted molar refractivity (Wildman–Crippen MR) is 116 cm³/mol. The number of amides is 3. The SMILES string of the molecule is Cn1c(=O)c(C(=O)COC(=O)CN2C(=O)NC(C)(C)C2=O)c(N)n(Cc2ccccc2)c1=O. The van der Waals surface area contributed by atoms with Crippen LogP contribution in [0.15, 0.2) is 39.9 Å². The van der Waals surface area contributed by atoms with Crippen molar-refractivity contribution in [2.24, 2.45) is 7.05 Å². The predicted octanol–water partition coefficient (Wildman–Crippen LogP) is -0.766. The summed E-state index contributed by atoms with van der Waals surface area (Å²) < 4.78 is 6.68. The summed E-state index contributed by atoms with van der Waals surface area (Å²) in [7, 11) is 1.20. The maximum Gasteiger partial charge on any atom is 0.332 e. The van der Waals surface area contributed by atoms with E-state index >= 15 is 0 Å². The van der Waals surface area contributed by atoms with Gasteiger partial charge in [0.25, 0.3) is 11.5 Å². The quantitative estimate of drug-likeness (QED) is 0.311. The maximum atomic E-state index is 12.7. The van der Waals surface area contributed by atoms with Crippen LogP contribution in [0.5, 0.6) is 0 Å². The van der Waals surface area contributed by atoms with Crippen LogP contribution in [0.4, 0.5) is 10.6 Å². The lowest BCUT2D eigenvalue weighted by Crippen LogP contribution is -2.43. The number of hydrogen-bond acceptors (Lipinski definition) is 8. The highest BCUT2D eigenvalue weighted by Crippen LogP contribution is 2.16. The summed E-state index contributed by atoms with van der Waals surface area (Å²) in [5.41, 5.74) is 3.39. The van der Waals surface area contributed by atoms with E-state index in [1.807, 2.05) is 0 Å². The van der Waals surface area contributed by atoms with Crippen molar-refractivity contribution < 1.29 is 23.9 Å². The molecule has 1 aliphatic heterocycles. The van der Waals surface area contributed by atoms with Gasteiger partial charge >= 0.3 is 17.7 Å². The molecule has 3 N–H and O–H groups in total. The van der Waals surface area contributed by atoms with Crippen LogP contribution in [0.1, 0.15) is 29.8 Å². The zero-order valence-electron chi connectivity index (χ0n) is 18.3. The number of benzene rings is 1. The summed E-state index contributed by atoms with van der Waals surface area (Å²) in [6.07, 6.45) is 0. The number of esters is 1. The van der Waals surface area contributed by atoms with Gasteiger partial charge in [0.1, 0.15) is 23.5 Å². The van der Waals surface area contributed by atoms with E-state index in [4.69, 9.17) is 10.5 Å². The number of hydrogen-bond donors (Lipinski definition) is 2. The fourth-order valence-electron chi connectivity index (χ4n) is 3.32. The number of nitrogens with zero attached hydrogens (tertiary/aromatic N) is 3. The highest BCUT2D eigenvalue weighted by molar-refractivity contribution is 6.08. The molecule has 3 rings (SSSR count). The second kappa shape index (κ2) is 8.73. The Balaban J connectivity index is 1.78. The number of carbonyl (C=O) groups is 4. The minimum absolute atomic E-state index is 0.0155. The van der Waals surface area contributed by atoms with Crippen LogP contribution in [-0.4, -0.2) is 56.4 Å². The molecule has 12 heteroatoms. The Bertz CT molecular complexity index is 1260. The summed E-state index contributed by atoms with van der Waals surface area (Å²) in [6, 6.07) is 8.04. The Labute approximate surface area is 187 Å². The molecule has 0 bridgehead atoms. The summed E-state index contributed by atoms with van der Waals surface area (Å²) in [5, 5.41) is 2.41. The van der Waals surface area contributed by atoms with Gasteiger partial charge in [0.2, 0.25) is 5.78 Å². The monoisotopic (exact) mass is 457 g/mol. The number of anilines is 1. The summed E-state index contributed by atoms with van der Waals surface area (Å²) >= 11 is 0. The lowest BCUT2D eigenvalue weighted by atomic mass is 10.1. The Morgan fingerprint density at radius 2 is 1.73 bits per heavy atom. The first-order valence-electron chi connectivity index (χ1n) is 9.90. The molecular formula is C21H23N5O7. The van der Waals surface area contributed by atoms with Crippen molar-refractivity contribution in [3.63, 3.8) is 0 Å². The number of carbonyl (C=O) groups excluding carboxylic acids is 4. The Morgan fingerprint density at radius 1 is 1.09 bits per heavy atom. The van der Waals surface area contributed by atoms with Crippen molar-refractivity contribution in [1.82, 2.24) is 19.4 Å². The highest BCUT2D eigenvalue weighted by atomic mass is 16.5. The second-order valence-corrected chi connectivity index (χ2v) is 8.01. The normalized spacial score (nSPS) is 14.8. The zero-order chi connectivity index (χ0) is 24.5. The molecule has 1 fully saturated rings. The van der Waals surface area contributed by atoms with E-state index in [9.17, 15) is 28.8 Å². The third-order valence-electron chi connectivity index (χ3n) is 5.14. The van der Waals surface area contributed by atoms with Gasteiger partial charge in [0.15, 0.2) is 6.61 Å². The van der Waals surface area contributed by atoms with Crippen LogP contribution < -0.4 is 22.3 Å². The van der Waals surface area contributed by atoms with Gasteiger partial charge in [-0.1, -0.05) is 30.3 Å². The molecule has 1 aromatic heterocycles. The number of urea groups is 1. The van der Waals surface area contributed by atoms with Crippen LogP contribution in [0.2, 0.25) is 0 Å². The molecule has 1 aromatic carbocycles. The van der Waals surface area contributed by atoms with Gasteiger partial charge in [-0.2, -0.15) is 0 Å². The molecule has 0 unspecified atom stereocenters. The first kappa shape index (κ1) is 23.4. The summed E-state index contributed by atoms with van der Waals surface area (Å²) in [5.74, 6) is -2.94. The molecule has 2 heterocycles. The molecule has 12 nitrogen and oxygen atoms in total. The molecule has 0 saturated carbocycles. The van der Waals surface area contributed by atoms with E-state index in [0.717, 1.165) is 9.13 Å². The number of imide groups is 1. The maximum absolute atomic E-state index is 12.7. The van der Waals surface area contributed by atoms with Crippen molar-refractivity contribution in [2.75, 3.05) is 18.9 Å². The van der Waals surface area contributed by atoms with Crippen LogP contribution in [0.3, 0.4) is 0 Å². The van der Waals surface area contributed by atoms with E-state index < -0.39 is 59.2 Å². The van der Waals surface area contributed by atoms with Gasteiger partial charge in [0, 0.05) is 7.05 Å². The molecule has 0 radical (unpaired) electrons. The average Bonchev–Trinajstić information content (AvgIpc) is 2.96. The molecule has 0 aliphatic carbocycles. The number of ether oxygens (including phenoxy) is 1. The van der Waals surface area contributed by atoms with E-state index in [2.05, 4.69) is 5.32 Å². The smallest absolute Gasteiger partial charge is 0.332 e. The number of rotatable bonds is 7. The van der Waals surface area contributed by atoms with Crippen molar-refractivity contribution in [1.29, 1.82) is 0 Å². The molecular weight excluding hydrogens is 434 g/mol. The first-order chi connectivity index (χ1) is 15.4. The van der Waals surface area contributed by atoms with Crippen LogP contribution in [0.25, 0.3) is 0 Å². The number of ketones is 1. The largest absolute Gasteiger partial charge is 0.456 e. The van der Waals surface area contributed by atoms with Crippen LogP contribution >= 0.6 is 0 Å². The van der Waals surface area contributed by atoms with Gasteiger partial charge in [-0.05, 0) is 19.4 Å². The fourth-order valence-corrected chi connectivity index (χ4v) is 3.32. The van der Waals surface area contributed by atoms with Gasteiger partial charge in [-0.15, -0.1) is 0 Å². The van der Waals surface area contributed by atoms with E-state index in [1.165, 1.54) is 20.9 Å². The zero-order valence-corrected chi connectivity index (χ0v) is 18.3. The van der Waals surface area contributed by atoms with Crippen molar-refractivity contribution in [3.05, 3.63) is 62.3 Å². The minimum atomic E-state index is -1.17. The third-order valence-corrected chi connectivity index (χ3v) is 5.14. The Hall–Kier alpha value is -4.22. The number of Topliss-reactive ketones (excluding diaryl/α,β-unsaturated/α-hetero) is 1. The molecule has 0 spiro atoms. The van der Waals surface area contributed by atoms with Crippen molar-refractivity contribution >= 4 is 29.5 Å². The van der Waals surface area contributed by atoms with E-state index in [1.54, 1.807) is 30.3 Å². The molecule has 33 heavy (non-hydrogen) atoms. The van der Waals surface area contributed by atoms with Crippen molar-refractivity contribution in [2.45, 2.75) is 25.9 Å². The molecule has 3 amide bonds. The van der Waals surface area contributed by atoms with Gasteiger partial charge in [0.05, 0.1) is 6.54 Å². The topological polar surface area (TPSA) is 163 Å². The van der Waals surface area contributed by atoms with Crippen LogP contribution in [0, 0.1) is 0 Å². The number of aromatic nitrogens is 2. The number of nitrogens with one attached hydrogen (secondary N) is 1. The number of nitrogens with two attached hydrogens (primary N) is 1. The van der Waals surface area contributed by atoms with Crippen LogP contribution in [-0.2, 0) is 27.9 Å². The highest BCUT2D eigenvalue weighted by Gasteiger charge is 2.45. The minimum Gasteiger partial charge on any atom is -0.456 e. The van der Waals surface area contributed by atoms with Crippen molar-refractivity contribution in [3.8, 4) is 0 Å². The molecule has 1 saturated heterocycles. The summed E-state index contributed by atoms with van der Waals surface area (Å²) in [4.78, 5) is 74.6. The molecule has 0 atom stereocenters. The van der Waals surface area contributed by atoms with Gasteiger partial charge < -0.3 is 15.8 Å². The molecule has 174 valence electrons. The fraction of sp³-hybridized carbons (Fsp3) is 0.333. The molecule has 2 aromatic rings. The van der Waals surface area contributed by atoms with Gasteiger partial charge in [-0.25, -0.2) is 9.59 Å². The van der Waals surface area contributed by atoms with Gasteiger partial charge in [-0.3, -0.25) is 33.2 Å². The second-order valence-electron chi connectivity index (χ2n) is 8.01. The first-order valence-corrected chi connectivity index (χ1v) is 9.90. The number of nitrogen functional groups attached to an aromatic ring is 1. The van der Waals surface area contributed by atoms with E-state index in [-0.39, 0.29) is 12.4 Å². The Morgan fingerprint density at radius 3 is 2.30 bits per heavy atom. The average molecular weight is 457 g/mol. The standard InChI is InChI=1S/C21H23N5O7/c1-21(2)18(30)26(19(31)23-21)10-14(28)33-11-13(27)15-16(22)25(20(32)24(3)17(15)29)9-12-7-5-4-6-8-12/h4-8H,9-11,22H2,1-3H3,(H,23,31). The summed E-state index contributed by atoms with van der Waals surface area (Å²) in [6.45, 7) is 1.40. The van der Waals surface area contributed by atoms with E-state index in [0.29, 0.717) is 10.5 Å². The molecule has 1 aliphatic rings. The Kier molecular flexibility index (Phi) is 6.20.